The third-order valence-corrected chi connectivity index (χ3v) is 7.23. The first kappa shape index (κ1) is 25.0. The number of carbonyl (C=O) groups excluding carboxylic acids is 1. The Morgan fingerprint density at radius 2 is 1.76 bits per heavy atom. The summed E-state index contributed by atoms with van der Waals surface area (Å²) in [5.41, 5.74) is 5.80. The normalized spacial score (nSPS) is 15.8. The molecule has 5 nitrogen and oxygen atoms in total. The van der Waals surface area contributed by atoms with Gasteiger partial charge < -0.3 is 4.98 Å². The zero-order valence-electron chi connectivity index (χ0n) is 21.5. The number of nitrogens with zero attached hydrogens (tertiary/aromatic N) is 2. The molecular formula is C31H30ClN3O2. The molecule has 1 aliphatic rings. The van der Waals surface area contributed by atoms with Crippen molar-refractivity contribution < 1.29 is 4.79 Å². The van der Waals surface area contributed by atoms with Crippen molar-refractivity contribution in [3.8, 4) is 0 Å². The predicted octanol–water partition coefficient (Wildman–Crippen LogP) is 6.77. The summed E-state index contributed by atoms with van der Waals surface area (Å²) in [7, 11) is 0. The van der Waals surface area contributed by atoms with E-state index in [0.717, 1.165) is 27.6 Å². The van der Waals surface area contributed by atoms with Crippen molar-refractivity contribution in [2.45, 2.75) is 52.0 Å². The van der Waals surface area contributed by atoms with Gasteiger partial charge in [-0.2, -0.15) is 5.10 Å². The lowest BCUT2D eigenvalue weighted by atomic mass is 9.85. The van der Waals surface area contributed by atoms with Crippen LogP contribution in [0.4, 0.5) is 0 Å². The van der Waals surface area contributed by atoms with Gasteiger partial charge in [-0.25, -0.2) is 5.01 Å². The van der Waals surface area contributed by atoms with Gasteiger partial charge in [0.2, 0.25) is 5.91 Å². The first-order chi connectivity index (χ1) is 17.6. The van der Waals surface area contributed by atoms with Gasteiger partial charge in [-0.15, -0.1) is 0 Å². The molecule has 1 amide bonds. The number of amides is 1. The van der Waals surface area contributed by atoms with Crippen LogP contribution in [-0.4, -0.2) is 21.6 Å². The van der Waals surface area contributed by atoms with Crippen LogP contribution in [0.25, 0.3) is 10.9 Å². The molecule has 4 aromatic rings. The fraction of sp³-hybridized carbons (Fsp3) is 0.258. The third kappa shape index (κ3) is 4.96. The summed E-state index contributed by atoms with van der Waals surface area (Å²) < 4.78 is 0. The topological polar surface area (TPSA) is 65.5 Å². The Kier molecular flexibility index (Phi) is 6.50. The zero-order chi connectivity index (χ0) is 26.3. The van der Waals surface area contributed by atoms with E-state index in [4.69, 9.17) is 16.7 Å². The van der Waals surface area contributed by atoms with Gasteiger partial charge in [-0.05, 0) is 52.3 Å². The number of hydrogen-bond donors (Lipinski definition) is 1. The maximum Gasteiger partial charge on any atom is 0.257 e. The Labute approximate surface area is 221 Å². The first-order valence-corrected chi connectivity index (χ1v) is 12.9. The molecule has 0 aliphatic carbocycles. The van der Waals surface area contributed by atoms with E-state index in [1.54, 1.807) is 6.07 Å². The van der Waals surface area contributed by atoms with E-state index >= 15 is 0 Å². The van der Waals surface area contributed by atoms with Crippen LogP contribution in [0.2, 0.25) is 5.02 Å². The molecule has 1 aliphatic heterocycles. The minimum absolute atomic E-state index is 0.0299. The summed E-state index contributed by atoms with van der Waals surface area (Å²) in [4.78, 5) is 29.2. The van der Waals surface area contributed by atoms with Crippen molar-refractivity contribution in [3.05, 3.63) is 116 Å². The van der Waals surface area contributed by atoms with Gasteiger partial charge in [0.25, 0.3) is 5.56 Å². The molecule has 5 rings (SSSR count). The zero-order valence-corrected chi connectivity index (χ0v) is 22.3. The number of aromatic amines is 1. The third-order valence-electron chi connectivity index (χ3n) is 6.99. The summed E-state index contributed by atoms with van der Waals surface area (Å²) in [6.45, 7) is 8.03. The van der Waals surface area contributed by atoms with E-state index in [1.807, 2.05) is 42.5 Å². The van der Waals surface area contributed by atoms with Crippen LogP contribution in [0.5, 0.6) is 0 Å². The molecule has 0 saturated carbocycles. The number of hydrogen-bond acceptors (Lipinski definition) is 3. The van der Waals surface area contributed by atoms with E-state index < -0.39 is 0 Å². The minimum Gasteiger partial charge on any atom is -0.321 e. The molecular weight excluding hydrogens is 482 g/mol. The van der Waals surface area contributed by atoms with Crippen LogP contribution in [0.1, 0.15) is 68.0 Å². The molecule has 1 unspecified atom stereocenters. The maximum atomic E-state index is 13.5. The van der Waals surface area contributed by atoms with Crippen LogP contribution in [-0.2, 0) is 16.6 Å². The van der Waals surface area contributed by atoms with Crippen LogP contribution in [0.15, 0.2) is 82.7 Å². The number of rotatable bonds is 4. The second-order valence-corrected chi connectivity index (χ2v) is 11.1. The Hall–Kier alpha value is -3.70. The number of halogens is 1. The number of benzene rings is 3. The van der Waals surface area contributed by atoms with Crippen LogP contribution < -0.4 is 5.56 Å². The average molecular weight is 512 g/mol. The highest BCUT2D eigenvalue weighted by Crippen LogP contribution is 2.35. The number of carbonyl (C=O) groups is 1. The summed E-state index contributed by atoms with van der Waals surface area (Å²) >= 11 is 6.38. The van der Waals surface area contributed by atoms with Crippen molar-refractivity contribution in [1.29, 1.82) is 0 Å². The lowest BCUT2D eigenvalue weighted by Gasteiger charge is -2.23. The Morgan fingerprint density at radius 3 is 2.41 bits per heavy atom. The number of fused-ring (bicyclic) bond motifs is 1. The lowest BCUT2D eigenvalue weighted by Crippen LogP contribution is -2.24. The molecule has 0 bridgehead atoms. The highest BCUT2D eigenvalue weighted by Gasteiger charge is 2.34. The van der Waals surface area contributed by atoms with Crippen molar-refractivity contribution in [2.75, 3.05) is 0 Å². The standard InChI is InChI=1S/C31H30ClN3O2/c1-19(36)35-28(21-10-12-22(13-11-21)31(2,3)4)18-27(34-35)29-25(16-20-8-6-5-7-9-20)24-17-23(32)14-15-26(24)33-30(29)37/h5-15,17,28H,16,18H2,1-4H3,(H,33,37). The molecule has 188 valence electrons. The van der Waals surface area contributed by atoms with Crippen LogP contribution in [0.3, 0.4) is 0 Å². The molecule has 3 aromatic carbocycles. The average Bonchev–Trinajstić information content (AvgIpc) is 3.30. The molecule has 1 N–H and O–H groups in total. The fourth-order valence-corrected chi connectivity index (χ4v) is 5.21. The number of H-pyrrole nitrogens is 1. The van der Waals surface area contributed by atoms with Crippen LogP contribution >= 0.6 is 11.6 Å². The SMILES string of the molecule is CC(=O)N1N=C(c2c(Cc3ccccc3)c3cc(Cl)ccc3[nH]c2=O)CC1c1ccc(C(C)(C)C)cc1. The second kappa shape index (κ2) is 9.64. The summed E-state index contributed by atoms with van der Waals surface area (Å²) in [5.74, 6) is -0.162. The Bertz CT molecular complexity index is 1560. The molecule has 0 fully saturated rings. The minimum atomic E-state index is -0.277. The van der Waals surface area contributed by atoms with E-state index in [1.165, 1.54) is 17.5 Å². The van der Waals surface area contributed by atoms with Crippen molar-refractivity contribution in [2.24, 2.45) is 5.10 Å². The van der Waals surface area contributed by atoms with Gasteiger partial charge in [0.1, 0.15) is 0 Å². The quantitative estimate of drug-likeness (QED) is 0.328. The molecule has 6 heteroatoms. The highest BCUT2D eigenvalue weighted by atomic mass is 35.5. The van der Waals surface area contributed by atoms with E-state index in [2.05, 4.69) is 50.0 Å². The number of pyridine rings is 1. The smallest absolute Gasteiger partial charge is 0.257 e. The van der Waals surface area contributed by atoms with Gasteiger partial charge in [0.05, 0.1) is 17.3 Å². The van der Waals surface area contributed by atoms with Gasteiger partial charge in [-0.1, -0.05) is 87.0 Å². The van der Waals surface area contributed by atoms with Gasteiger partial charge in [-0.3, -0.25) is 9.59 Å². The monoisotopic (exact) mass is 511 g/mol. The first-order valence-electron chi connectivity index (χ1n) is 12.5. The molecule has 0 spiro atoms. The van der Waals surface area contributed by atoms with Crippen LogP contribution in [0, 0.1) is 0 Å². The van der Waals surface area contributed by atoms with Crippen molar-refractivity contribution in [3.63, 3.8) is 0 Å². The van der Waals surface area contributed by atoms with Crippen molar-refractivity contribution in [1.82, 2.24) is 9.99 Å². The molecule has 0 saturated heterocycles. The summed E-state index contributed by atoms with van der Waals surface area (Å²) in [5, 5.41) is 7.70. The van der Waals surface area contributed by atoms with Gasteiger partial charge in [0.15, 0.2) is 0 Å². The lowest BCUT2D eigenvalue weighted by molar-refractivity contribution is -0.130. The number of nitrogens with one attached hydrogen (secondary N) is 1. The van der Waals surface area contributed by atoms with Gasteiger partial charge in [0, 0.05) is 29.3 Å². The van der Waals surface area contributed by atoms with E-state index in [-0.39, 0.29) is 22.9 Å². The molecule has 37 heavy (non-hydrogen) atoms. The fourth-order valence-electron chi connectivity index (χ4n) is 5.04. The molecule has 1 aromatic heterocycles. The van der Waals surface area contributed by atoms with Crippen molar-refractivity contribution >= 4 is 34.1 Å². The van der Waals surface area contributed by atoms with Gasteiger partial charge >= 0.3 is 0 Å². The molecule has 0 radical (unpaired) electrons. The molecule has 1 atom stereocenters. The predicted molar refractivity (Wildman–Crippen MR) is 150 cm³/mol. The maximum absolute atomic E-state index is 13.5. The van der Waals surface area contributed by atoms with E-state index in [9.17, 15) is 9.59 Å². The Balaban J connectivity index is 1.63. The van der Waals surface area contributed by atoms with E-state index in [0.29, 0.717) is 29.1 Å². The number of hydrazone groups is 1. The molecule has 2 heterocycles. The highest BCUT2D eigenvalue weighted by molar-refractivity contribution is 6.31. The largest absolute Gasteiger partial charge is 0.321 e. The Morgan fingerprint density at radius 1 is 1.05 bits per heavy atom. The summed E-state index contributed by atoms with van der Waals surface area (Å²) in [6, 6.07) is 23.6. The summed E-state index contributed by atoms with van der Waals surface area (Å²) in [6.07, 6.45) is 0.992. The second-order valence-electron chi connectivity index (χ2n) is 10.7. The number of aromatic nitrogens is 1.